The van der Waals surface area contributed by atoms with Crippen LogP contribution in [0.2, 0.25) is 0 Å². The van der Waals surface area contributed by atoms with Crippen molar-refractivity contribution in [2.24, 2.45) is 11.7 Å². The van der Waals surface area contributed by atoms with Gasteiger partial charge in [-0.2, -0.15) is 0 Å². The lowest BCUT2D eigenvalue weighted by atomic mass is 10.1. The van der Waals surface area contributed by atoms with E-state index in [4.69, 9.17) is 5.73 Å². The van der Waals surface area contributed by atoms with Gasteiger partial charge in [0.05, 0.1) is 5.56 Å². The van der Waals surface area contributed by atoms with Crippen LogP contribution in [-0.2, 0) is 0 Å². The van der Waals surface area contributed by atoms with Crippen molar-refractivity contribution in [1.29, 1.82) is 0 Å². The maximum atomic E-state index is 13.5. The summed E-state index contributed by atoms with van der Waals surface area (Å²) in [6.07, 6.45) is 0. The van der Waals surface area contributed by atoms with Crippen molar-refractivity contribution in [1.82, 2.24) is 4.90 Å². The minimum atomic E-state index is -0.834. The second kappa shape index (κ2) is 6.44. The van der Waals surface area contributed by atoms with Crippen LogP contribution in [0.1, 0.15) is 24.2 Å². The number of hydrogen-bond acceptors (Lipinski definition) is 2. The number of rotatable bonds is 5. The molecule has 1 amide bonds. The third kappa shape index (κ3) is 3.50. The lowest BCUT2D eigenvalue weighted by molar-refractivity contribution is 0.0739. The number of hydrogen-bond donors (Lipinski definition) is 1. The number of nitrogens with two attached hydrogens (primary N) is 1. The number of halogens is 2. The van der Waals surface area contributed by atoms with Crippen LogP contribution in [0.5, 0.6) is 0 Å². The van der Waals surface area contributed by atoms with Crippen LogP contribution in [0.25, 0.3) is 0 Å². The van der Waals surface area contributed by atoms with Gasteiger partial charge in [0.2, 0.25) is 0 Å². The first-order valence-corrected chi connectivity index (χ1v) is 5.94. The van der Waals surface area contributed by atoms with E-state index >= 15 is 0 Å². The van der Waals surface area contributed by atoms with Crippen molar-refractivity contribution >= 4 is 5.91 Å². The molecule has 0 saturated heterocycles. The van der Waals surface area contributed by atoms with E-state index in [0.29, 0.717) is 25.7 Å². The molecular weight excluding hydrogens is 238 g/mol. The minimum Gasteiger partial charge on any atom is -0.339 e. The third-order valence-corrected chi connectivity index (χ3v) is 2.76. The summed E-state index contributed by atoms with van der Waals surface area (Å²) >= 11 is 0. The largest absolute Gasteiger partial charge is 0.339 e. The molecule has 1 aromatic carbocycles. The van der Waals surface area contributed by atoms with Gasteiger partial charge in [-0.25, -0.2) is 8.78 Å². The number of carbonyl (C=O) groups excluding carboxylic acids is 1. The van der Waals surface area contributed by atoms with Crippen molar-refractivity contribution < 1.29 is 13.6 Å². The molecule has 0 aliphatic heterocycles. The zero-order valence-corrected chi connectivity index (χ0v) is 10.6. The molecule has 1 unspecified atom stereocenters. The molecule has 0 aromatic heterocycles. The molecule has 0 bridgehead atoms. The number of benzene rings is 1. The van der Waals surface area contributed by atoms with Gasteiger partial charge in [-0.1, -0.05) is 6.92 Å². The smallest absolute Gasteiger partial charge is 0.256 e. The highest BCUT2D eigenvalue weighted by Gasteiger charge is 2.19. The Bertz CT molecular complexity index is 423. The highest BCUT2D eigenvalue weighted by Crippen LogP contribution is 2.13. The number of carbonyl (C=O) groups is 1. The Morgan fingerprint density at radius 1 is 1.44 bits per heavy atom. The van der Waals surface area contributed by atoms with E-state index in [1.54, 1.807) is 0 Å². The first-order valence-electron chi connectivity index (χ1n) is 5.94. The van der Waals surface area contributed by atoms with Gasteiger partial charge in [0, 0.05) is 19.2 Å². The minimum absolute atomic E-state index is 0.109. The molecule has 0 aliphatic rings. The number of nitrogens with zero attached hydrogens (tertiary/aromatic N) is 1. The molecular formula is C13H18F2N2O. The molecule has 0 aliphatic carbocycles. The third-order valence-electron chi connectivity index (χ3n) is 2.76. The Morgan fingerprint density at radius 2 is 2.11 bits per heavy atom. The van der Waals surface area contributed by atoms with Crippen LogP contribution in [0.3, 0.4) is 0 Å². The lowest BCUT2D eigenvalue weighted by Gasteiger charge is -2.24. The standard InChI is InChI=1S/C13H18F2N2O/c1-3-17(8-9(2)7-16)13(18)11-5-4-10(14)6-12(11)15/h4-6,9H,3,7-8,16H2,1-2H3. The highest BCUT2D eigenvalue weighted by atomic mass is 19.1. The van der Waals surface area contributed by atoms with Crippen molar-refractivity contribution in [3.8, 4) is 0 Å². The zero-order valence-electron chi connectivity index (χ0n) is 10.6. The molecule has 5 heteroatoms. The van der Waals surface area contributed by atoms with Gasteiger partial charge in [-0.15, -0.1) is 0 Å². The average Bonchev–Trinajstić information content (AvgIpc) is 2.34. The van der Waals surface area contributed by atoms with E-state index in [9.17, 15) is 13.6 Å². The van der Waals surface area contributed by atoms with E-state index in [-0.39, 0.29) is 11.5 Å². The molecule has 0 saturated carbocycles. The van der Waals surface area contributed by atoms with Crippen LogP contribution in [0, 0.1) is 17.6 Å². The van der Waals surface area contributed by atoms with E-state index in [2.05, 4.69) is 0 Å². The second-order valence-electron chi connectivity index (χ2n) is 4.31. The first kappa shape index (κ1) is 14.6. The molecule has 1 rings (SSSR count). The summed E-state index contributed by atoms with van der Waals surface area (Å²) in [5.41, 5.74) is 5.39. The predicted octanol–water partition coefficient (Wildman–Crippen LogP) is 2.02. The molecule has 18 heavy (non-hydrogen) atoms. The molecule has 3 nitrogen and oxygen atoms in total. The van der Waals surface area contributed by atoms with E-state index in [1.807, 2.05) is 13.8 Å². The SMILES string of the molecule is CCN(CC(C)CN)C(=O)c1ccc(F)cc1F. The Kier molecular flexibility index (Phi) is 5.22. The normalized spacial score (nSPS) is 12.3. The summed E-state index contributed by atoms with van der Waals surface area (Å²) in [6, 6.07) is 2.96. The molecule has 1 aromatic rings. The van der Waals surface area contributed by atoms with Crippen molar-refractivity contribution in [2.75, 3.05) is 19.6 Å². The van der Waals surface area contributed by atoms with Gasteiger partial charge < -0.3 is 10.6 Å². The van der Waals surface area contributed by atoms with Crippen LogP contribution in [0.4, 0.5) is 8.78 Å². The summed E-state index contributed by atoms with van der Waals surface area (Å²) in [5.74, 6) is -1.83. The predicted molar refractivity (Wildman–Crippen MR) is 66.2 cm³/mol. The van der Waals surface area contributed by atoms with Crippen LogP contribution < -0.4 is 5.73 Å². The second-order valence-corrected chi connectivity index (χ2v) is 4.31. The van der Waals surface area contributed by atoms with Gasteiger partial charge >= 0.3 is 0 Å². The monoisotopic (exact) mass is 256 g/mol. The molecule has 100 valence electrons. The van der Waals surface area contributed by atoms with Crippen LogP contribution in [-0.4, -0.2) is 30.4 Å². The quantitative estimate of drug-likeness (QED) is 0.876. The first-order chi connectivity index (χ1) is 8.49. The van der Waals surface area contributed by atoms with E-state index < -0.39 is 17.5 Å². The van der Waals surface area contributed by atoms with E-state index in [0.717, 1.165) is 6.07 Å². The maximum Gasteiger partial charge on any atom is 0.256 e. The lowest BCUT2D eigenvalue weighted by Crippen LogP contribution is -2.37. The molecule has 0 spiro atoms. The van der Waals surface area contributed by atoms with Crippen LogP contribution in [0.15, 0.2) is 18.2 Å². The molecule has 2 N–H and O–H groups in total. The molecule has 1 atom stereocenters. The average molecular weight is 256 g/mol. The molecule has 0 radical (unpaired) electrons. The number of amides is 1. The highest BCUT2D eigenvalue weighted by molar-refractivity contribution is 5.94. The Morgan fingerprint density at radius 3 is 2.61 bits per heavy atom. The van der Waals surface area contributed by atoms with Crippen molar-refractivity contribution in [3.63, 3.8) is 0 Å². The molecule has 0 heterocycles. The van der Waals surface area contributed by atoms with E-state index in [1.165, 1.54) is 11.0 Å². The Hall–Kier alpha value is -1.49. The topological polar surface area (TPSA) is 46.3 Å². The maximum absolute atomic E-state index is 13.5. The summed E-state index contributed by atoms with van der Waals surface area (Å²) in [5, 5.41) is 0. The summed E-state index contributed by atoms with van der Waals surface area (Å²) in [7, 11) is 0. The fraction of sp³-hybridized carbons (Fsp3) is 0.462. The van der Waals surface area contributed by atoms with Crippen LogP contribution >= 0.6 is 0 Å². The van der Waals surface area contributed by atoms with Crippen molar-refractivity contribution in [2.45, 2.75) is 13.8 Å². The summed E-state index contributed by atoms with van der Waals surface area (Å²) in [4.78, 5) is 13.6. The Labute approximate surface area is 106 Å². The Balaban J connectivity index is 2.89. The van der Waals surface area contributed by atoms with Gasteiger partial charge in [-0.05, 0) is 31.5 Å². The van der Waals surface area contributed by atoms with Crippen molar-refractivity contribution in [3.05, 3.63) is 35.4 Å². The van der Waals surface area contributed by atoms with Gasteiger partial charge in [-0.3, -0.25) is 4.79 Å². The van der Waals surface area contributed by atoms with Gasteiger partial charge in [0.1, 0.15) is 11.6 Å². The fourth-order valence-electron chi connectivity index (χ4n) is 1.64. The molecule has 0 fully saturated rings. The summed E-state index contributed by atoms with van der Waals surface area (Å²) < 4.78 is 26.3. The van der Waals surface area contributed by atoms with Gasteiger partial charge in [0.15, 0.2) is 0 Å². The van der Waals surface area contributed by atoms with Gasteiger partial charge in [0.25, 0.3) is 5.91 Å². The fourth-order valence-corrected chi connectivity index (χ4v) is 1.64. The summed E-state index contributed by atoms with van der Waals surface area (Å²) in [6.45, 7) is 5.10. The zero-order chi connectivity index (χ0) is 13.7.